The summed E-state index contributed by atoms with van der Waals surface area (Å²) < 4.78 is 4.55. The molecule has 0 fully saturated rings. The van der Waals surface area contributed by atoms with Crippen molar-refractivity contribution < 1.29 is 14.3 Å². The third-order valence-electron chi connectivity index (χ3n) is 3.31. The standard InChI is InChI=1S/C13H26N2O3/c1-8(2)10(5)15(6)12(16)11(9(3)4)14-13(17)18-7/h8-11H,1-7H3,(H,14,17)/t10-,11?/m0/s1. The maximum Gasteiger partial charge on any atom is 0.407 e. The number of nitrogens with one attached hydrogen (secondary N) is 1. The third-order valence-corrected chi connectivity index (χ3v) is 3.31. The molecule has 5 nitrogen and oxygen atoms in total. The van der Waals surface area contributed by atoms with Gasteiger partial charge in [0.15, 0.2) is 0 Å². The number of hydrogen-bond acceptors (Lipinski definition) is 3. The first-order chi connectivity index (χ1) is 8.22. The Bertz CT molecular complexity index is 290. The molecule has 0 aromatic heterocycles. The Hall–Kier alpha value is -1.26. The van der Waals surface area contributed by atoms with E-state index in [-0.39, 0.29) is 17.9 Å². The van der Waals surface area contributed by atoms with Crippen molar-refractivity contribution in [1.82, 2.24) is 10.2 Å². The van der Waals surface area contributed by atoms with E-state index in [1.807, 2.05) is 20.8 Å². The van der Waals surface area contributed by atoms with E-state index in [1.165, 1.54) is 7.11 Å². The lowest BCUT2D eigenvalue weighted by molar-refractivity contribution is -0.135. The van der Waals surface area contributed by atoms with Crippen LogP contribution >= 0.6 is 0 Å². The van der Waals surface area contributed by atoms with Crippen LogP contribution in [0.2, 0.25) is 0 Å². The summed E-state index contributed by atoms with van der Waals surface area (Å²) in [7, 11) is 3.05. The highest BCUT2D eigenvalue weighted by Gasteiger charge is 2.30. The van der Waals surface area contributed by atoms with Crippen LogP contribution in [0.1, 0.15) is 34.6 Å². The Morgan fingerprint density at radius 1 is 1.06 bits per heavy atom. The van der Waals surface area contributed by atoms with E-state index in [1.54, 1.807) is 11.9 Å². The molecule has 18 heavy (non-hydrogen) atoms. The SMILES string of the molecule is COC(=O)NC(C(=O)N(C)[C@@H](C)C(C)C)C(C)C. The molecule has 1 unspecified atom stereocenters. The van der Waals surface area contributed by atoms with Crippen LogP contribution in [0.15, 0.2) is 0 Å². The number of carbonyl (C=O) groups excluding carboxylic acids is 2. The molecule has 0 rings (SSSR count). The predicted molar refractivity (Wildman–Crippen MR) is 71.2 cm³/mol. The minimum absolute atomic E-state index is 0.0124. The maximum absolute atomic E-state index is 12.3. The number of likely N-dealkylation sites (N-methyl/N-ethyl adjacent to an activating group) is 1. The summed E-state index contributed by atoms with van der Waals surface area (Å²) in [6, 6.07) is -0.429. The molecule has 0 radical (unpaired) electrons. The number of rotatable bonds is 5. The largest absolute Gasteiger partial charge is 0.453 e. The summed E-state index contributed by atoms with van der Waals surface area (Å²) in [5.41, 5.74) is 0. The second kappa shape index (κ2) is 7.24. The second-order valence-electron chi connectivity index (χ2n) is 5.29. The van der Waals surface area contributed by atoms with Crippen molar-refractivity contribution in [2.24, 2.45) is 11.8 Å². The van der Waals surface area contributed by atoms with Crippen LogP contribution in [0.5, 0.6) is 0 Å². The van der Waals surface area contributed by atoms with E-state index in [2.05, 4.69) is 23.9 Å². The minimum atomic E-state index is -0.576. The summed E-state index contributed by atoms with van der Waals surface area (Å²) in [6.07, 6.45) is -0.576. The molecule has 2 amide bonds. The van der Waals surface area contributed by atoms with Gasteiger partial charge in [-0.15, -0.1) is 0 Å². The topological polar surface area (TPSA) is 58.6 Å². The van der Waals surface area contributed by atoms with Gasteiger partial charge in [-0.25, -0.2) is 4.79 Å². The molecule has 0 aliphatic carbocycles. The number of methoxy groups -OCH3 is 1. The monoisotopic (exact) mass is 258 g/mol. The zero-order chi connectivity index (χ0) is 14.5. The first-order valence-corrected chi connectivity index (χ1v) is 6.33. The number of alkyl carbamates (subject to hydrolysis) is 1. The summed E-state index contributed by atoms with van der Waals surface area (Å²) >= 11 is 0. The fraction of sp³-hybridized carbons (Fsp3) is 0.846. The van der Waals surface area contributed by atoms with E-state index in [4.69, 9.17) is 0 Å². The van der Waals surface area contributed by atoms with Gasteiger partial charge in [0.1, 0.15) is 6.04 Å². The van der Waals surface area contributed by atoms with E-state index in [0.29, 0.717) is 5.92 Å². The molecule has 0 aliphatic rings. The summed E-state index contributed by atoms with van der Waals surface area (Å²) in [5.74, 6) is 0.292. The Morgan fingerprint density at radius 3 is 1.89 bits per heavy atom. The number of amides is 2. The van der Waals surface area contributed by atoms with Crippen molar-refractivity contribution in [1.29, 1.82) is 0 Å². The quantitative estimate of drug-likeness (QED) is 0.819. The Kier molecular flexibility index (Phi) is 6.73. The van der Waals surface area contributed by atoms with Crippen molar-refractivity contribution in [2.75, 3.05) is 14.2 Å². The zero-order valence-corrected chi connectivity index (χ0v) is 12.5. The van der Waals surface area contributed by atoms with Crippen molar-refractivity contribution >= 4 is 12.0 Å². The minimum Gasteiger partial charge on any atom is -0.453 e. The summed E-state index contributed by atoms with van der Waals surface area (Å²) in [5, 5.41) is 2.59. The molecule has 2 atom stereocenters. The maximum atomic E-state index is 12.3. The Labute approximate surface area is 110 Å². The van der Waals surface area contributed by atoms with E-state index >= 15 is 0 Å². The summed E-state index contributed by atoms with van der Waals surface area (Å²) in [4.78, 5) is 25.3. The van der Waals surface area contributed by atoms with Gasteiger partial charge in [0.25, 0.3) is 0 Å². The van der Waals surface area contributed by atoms with Gasteiger partial charge in [0.2, 0.25) is 5.91 Å². The van der Waals surface area contributed by atoms with Crippen molar-refractivity contribution in [2.45, 2.75) is 46.7 Å². The van der Waals surface area contributed by atoms with E-state index < -0.39 is 12.1 Å². The van der Waals surface area contributed by atoms with Crippen LogP contribution in [0.25, 0.3) is 0 Å². The van der Waals surface area contributed by atoms with Crippen LogP contribution in [0.4, 0.5) is 4.79 Å². The number of ether oxygens (including phenoxy) is 1. The van der Waals surface area contributed by atoms with Gasteiger partial charge in [-0.3, -0.25) is 4.79 Å². The van der Waals surface area contributed by atoms with Crippen molar-refractivity contribution in [3.8, 4) is 0 Å². The molecule has 0 saturated carbocycles. The molecule has 0 bridgehead atoms. The molecule has 0 aromatic carbocycles. The van der Waals surface area contributed by atoms with Gasteiger partial charge in [-0.2, -0.15) is 0 Å². The zero-order valence-electron chi connectivity index (χ0n) is 12.5. The number of nitrogens with zero attached hydrogens (tertiary/aromatic N) is 1. The molecular formula is C13H26N2O3. The Morgan fingerprint density at radius 2 is 1.56 bits per heavy atom. The third kappa shape index (κ3) is 4.55. The van der Waals surface area contributed by atoms with Crippen molar-refractivity contribution in [3.05, 3.63) is 0 Å². The van der Waals surface area contributed by atoms with Gasteiger partial charge in [0, 0.05) is 13.1 Å². The molecule has 0 heterocycles. The van der Waals surface area contributed by atoms with E-state index in [9.17, 15) is 9.59 Å². The van der Waals surface area contributed by atoms with Crippen LogP contribution < -0.4 is 5.32 Å². The molecule has 106 valence electrons. The van der Waals surface area contributed by atoms with E-state index in [0.717, 1.165) is 0 Å². The smallest absolute Gasteiger partial charge is 0.407 e. The first kappa shape index (κ1) is 16.7. The highest BCUT2D eigenvalue weighted by Crippen LogP contribution is 2.12. The fourth-order valence-electron chi connectivity index (χ4n) is 1.57. The molecule has 0 saturated heterocycles. The lowest BCUT2D eigenvalue weighted by atomic mass is 10.00. The molecule has 5 heteroatoms. The average Bonchev–Trinajstić information content (AvgIpc) is 2.32. The van der Waals surface area contributed by atoms with Gasteiger partial charge < -0.3 is 15.0 Å². The average molecular weight is 258 g/mol. The van der Waals surface area contributed by atoms with Crippen LogP contribution in [0.3, 0.4) is 0 Å². The predicted octanol–water partition coefficient (Wildman–Crippen LogP) is 1.87. The number of hydrogen-bond donors (Lipinski definition) is 1. The highest BCUT2D eigenvalue weighted by molar-refractivity contribution is 5.86. The highest BCUT2D eigenvalue weighted by atomic mass is 16.5. The normalized spacial score (nSPS) is 14.3. The molecular weight excluding hydrogens is 232 g/mol. The van der Waals surface area contributed by atoms with Gasteiger partial charge in [-0.05, 0) is 18.8 Å². The van der Waals surface area contributed by atoms with Crippen LogP contribution in [-0.4, -0.2) is 43.1 Å². The lowest BCUT2D eigenvalue weighted by Crippen LogP contribution is -2.53. The van der Waals surface area contributed by atoms with Gasteiger partial charge in [0.05, 0.1) is 7.11 Å². The Balaban J connectivity index is 4.81. The molecule has 0 aromatic rings. The van der Waals surface area contributed by atoms with Gasteiger partial charge >= 0.3 is 6.09 Å². The first-order valence-electron chi connectivity index (χ1n) is 6.33. The fourth-order valence-corrected chi connectivity index (χ4v) is 1.57. The second-order valence-corrected chi connectivity index (χ2v) is 5.29. The number of carbonyl (C=O) groups is 2. The molecule has 0 aliphatic heterocycles. The van der Waals surface area contributed by atoms with Crippen LogP contribution in [-0.2, 0) is 9.53 Å². The summed E-state index contributed by atoms with van der Waals surface area (Å²) in [6.45, 7) is 9.91. The lowest BCUT2D eigenvalue weighted by Gasteiger charge is -2.32. The van der Waals surface area contributed by atoms with Gasteiger partial charge in [-0.1, -0.05) is 27.7 Å². The molecule has 1 N–H and O–H groups in total. The van der Waals surface area contributed by atoms with Crippen LogP contribution in [0, 0.1) is 11.8 Å². The molecule has 0 spiro atoms. The van der Waals surface area contributed by atoms with Crippen molar-refractivity contribution in [3.63, 3.8) is 0 Å².